The molecule has 6 nitrogen and oxygen atoms in total. The molecule has 0 saturated heterocycles. The molecule has 9 heteroatoms. The normalized spacial score (nSPS) is 11.3. The Morgan fingerprint density at radius 1 is 1.59 bits per heavy atom. The fourth-order valence-corrected chi connectivity index (χ4v) is 1.78. The van der Waals surface area contributed by atoms with Crippen LogP contribution in [0.1, 0.15) is 17.6 Å². The molecule has 0 fully saturated rings. The fraction of sp³-hybridized carbons (Fsp3) is 0.250. The van der Waals surface area contributed by atoms with Crippen molar-refractivity contribution in [2.45, 2.75) is 11.5 Å². The predicted octanol–water partition coefficient (Wildman–Crippen LogP) is 0.547. The van der Waals surface area contributed by atoms with Crippen molar-refractivity contribution in [3.8, 4) is 11.9 Å². The average molecular weight is 263 g/mol. The predicted molar refractivity (Wildman–Crippen MR) is 51.8 cm³/mol. The Labute approximate surface area is 95.7 Å². The lowest BCUT2D eigenvalue weighted by Crippen LogP contribution is -2.17. The van der Waals surface area contributed by atoms with Crippen molar-refractivity contribution < 1.29 is 21.9 Å². The minimum absolute atomic E-state index is 0.358. The van der Waals surface area contributed by atoms with Gasteiger partial charge in [0.1, 0.15) is 6.07 Å². The molecule has 0 bridgehead atoms. The van der Waals surface area contributed by atoms with Crippen LogP contribution in [0.4, 0.5) is 8.78 Å². The summed E-state index contributed by atoms with van der Waals surface area (Å²) in [6.07, 6.45) is -3.04. The molecule has 0 aliphatic rings. The Bertz CT molecular complexity index is 580. The van der Waals surface area contributed by atoms with Crippen molar-refractivity contribution >= 4 is 10.0 Å². The second-order valence-corrected chi connectivity index (χ2v) is 4.37. The van der Waals surface area contributed by atoms with Crippen molar-refractivity contribution in [3.05, 3.63) is 17.2 Å². The molecule has 0 aliphatic heterocycles. The molecule has 1 heterocycles. The van der Waals surface area contributed by atoms with E-state index < -0.39 is 32.6 Å². The molecular weight excluding hydrogens is 256 g/mol. The van der Waals surface area contributed by atoms with E-state index >= 15 is 0 Å². The molecule has 0 unspecified atom stereocenters. The zero-order chi connectivity index (χ0) is 13.2. The third-order valence-corrected chi connectivity index (χ3v) is 2.65. The van der Waals surface area contributed by atoms with Crippen LogP contribution in [0.15, 0.2) is 11.1 Å². The number of alkyl halides is 2. The lowest BCUT2D eigenvalue weighted by atomic mass is 10.1. The molecule has 0 aromatic carbocycles. The smallest absolute Gasteiger partial charge is 0.265 e. The average Bonchev–Trinajstić information content (AvgIpc) is 2.25. The van der Waals surface area contributed by atoms with Gasteiger partial charge in [0.2, 0.25) is 5.88 Å². The van der Waals surface area contributed by atoms with Gasteiger partial charge in [-0.05, 0) is 0 Å². The van der Waals surface area contributed by atoms with Gasteiger partial charge in [-0.2, -0.15) is 10.2 Å². The first-order valence-electron chi connectivity index (χ1n) is 4.11. The fourth-order valence-electron chi connectivity index (χ4n) is 1.11. The zero-order valence-electron chi connectivity index (χ0n) is 8.52. The van der Waals surface area contributed by atoms with E-state index in [2.05, 4.69) is 9.72 Å². The number of pyridine rings is 1. The van der Waals surface area contributed by atoms with Gasteiger partial charge < -0.3 is 4.74 Å². The maximum absolute atomic E-state index is 12.6. The maximum Gasteiger partial charge on any atom is 0.265 e. The van der Waals surface area contributed by atoms with E-state index in [9.17, 15) is 17.2 Å². The van der Waals surface area contributed by atoms with Crippen LogP contribution in [0.2, 0.25) is 0 Å². The lowest BCUT2D eigenvalue weighted by Gasteiger charge is -2.09. The standard InChI is InChI=1S/C8H7F2N3O3S/c1-16-6-2-4(7(9)10)5(3-11)8(13-6)17(12,14)15/h2,7H,1H3,(H2,12,14,15). The SMILES string of the molecule is COc1cc(C(F)F)c(C#N)c(S(N)(=O)=O)n1. The number of nitriles is 1. The Morgan fingerprint density at radius 3 is 2.53 bits per heavy atom. The number of methoxy groups -OCH3 is 1. The number of halogens is 2. The highest BCUT2D eigenvalue weighted by atomic mass is 32.2. The minimum atomic E-state index is -4.38. The summed E-state index contributed by atoms with van der Waals surface area (Å²) in [7, 11) is -3.26. The molecule has 0 atom stereocenters. The number of hydrogen-bond acceptors (Lipinski definition) is 5. The number of rotatable bonds is 3. The largest absolute Gasteiger partial charge is 0.481 e. The molecule has 0 saturated carbocycles. The zero-order valence-corrected chi connectivity index (χ0v) is 9.33. The number of hydrogen-bond donors (Lipinski definition) is 1. The van der Waals surface area contributed by atoms with E-state index in [0.29, 0.717) is 0 Å². The van der Waals surface area contributed by atoms with Gasteiger partial charge in [-0.1, -0.05) is 0 Å². The molecular formula is C8H7F2N3O3S. The Kier molecular flexibility index (Phi) is 3.59. The van der Waals surface area contributed by atoms with E-state index in [1.54, 1.807) is 0 Å². The van der Waals surface area contributed by atoms with Crippen LogP contribution < -0.4 is 9.88 Å². The van der Waals surface area contributed by atoms with Gasteiger partial charge in [0.15, 0.2) is 5.03 Å². The van der Waals surface area contributed by atoms with Crippen LogP contribution >= 0.6 is 0 Å². The molecule has 2 N–H and O–H groups in total. The molecule has 1 aromatic rings. The second-order valence-electron chi connectivity index (χ2n) is 2.89. The first-order valence-corrected chi connectivity index (χ1v) is 5.66. The maximum atomic E-state index is 12.6. The van der Waals surface area contributed by atoms with E-state index in [-0.39, 0.29) is 5.88 Å². The monoisotopic (exact) mass is 263 g/mol. The Hall–Kier alpha value is -1.79. The summed E-state index contributed by atoms with van der Waals surface area (Å²) >= 11 is 0. The number of sulfonamides is 1. The molecule has 0 amide bonds. The summed E-state index contributed by atoms with van der Waals surface area (Å²) in [6.45, 7) is 0. The van der Waals surface area contributed by atoms with Crippen LogP contribution in [0.5, 0.6) is 5.88 Å². The topological polar surface area (TPSA) is 106 Å². The highest BCUT2D eigenvalue weighted by molar-refractivity contribution is 7.89. The number of nitrogens with two attached hydrogens (primary N) is 1. The molecule has 17 heavy (non-hydrogen) atoms. The quantitative estimate of drug-likeness (QED) is 0.856. The number of ether oxygens (including phenoxy) is 1. The van der Waals surface area contributed by atoms with Crippen LogP contribution in [0.3, 0.4) is 0 Å². The molecule has 0 aliphatic carbocycles. The summed E-state index contributed by atoms with van der Waals surface area (Å²) in [5, 5.41) is 12.6. The van der Waals surface area contributed by atoms with E-state index in [4.69, 9.17) is 10.4 Å². The van der Waals surface area contributed by atoms with E-state index in [0.717, 1.165) is 13.2 Å². The van der Waals surface area contributed by atoms with Gasteiger partial charge in [-0.3, -0.25) is 0 Å². The van der Waals surface area contributed by atoms with Crippen LogP contribution in [-0.4, -0.2) is 20.5 Å². The molecule has 0 radical (unpaired) electrons. The van der Waals surface area contributed by atoms with Crippen LogP contribution in [0.25, 0.3) is 0 Å². The Morgan fingerprint density at radius 2 is 2.18 bits per heavy atom. The van der Waals surface area contributed by atoms with Gasteiger partial charge in [-0.15, -0.1) is 0 Å². The Balaban J connectivity index is 3.71. The highest BCUT2D eigenvalue weighted by Crippen LogP contribution is 2.29. The van der Waals surface area contributed by atoms with Crippen LogP contribution in [-0.2, 0) is 10.0 Å². The van der Waals surface area contributed by atoms with Gasteiger partial charge in [0.25, 0.3) is 16.4 Å². The summed E-state index contributed by atoms with van der Waals surface area (Å²) in [6, 6.07) is 2.14. The summed E-state index contributed by atoms with van der Waals surface area (Å²) in [4.78, 5) is 3.39. The first-order chi connectivity index (χ1) is 7.81. The van der Waals surface area contributed by atoms with Crippen molar-refractivity contribution in [2.75, 3.05) is 7.11 Å². The second kappa shape index (κ2) is 4.60. The summed E-state index contributed by atoms with van der Waals surface area (Å²) < 4.78 is 52.1. The summed E-state index contributed by atoms with van der Waals surface area (Å²) in [5.41, 5.74) is -1.56. The minimum Gasteiger partial charge on any atom is -0.481 e. The number of primary sulfonamides is 1. The van der Waals surface area contributed by atoms with Crippen molar-refractivity contribution in [3.63, 3.8) is 0 Å². The number of nitrogens with zero attached hydrogens (tertiary/aromatic N) is 2. The van der Waals surface area contributed by atoms with Gasteiger partial charge in [-0.25, -0.2) is 22.3 Å². The van der Waals surface area contributed by atoms with Gasteiger partial charge >= 0.3 is 0 Å². The van der Waals surface area contributed by atoms with Crippen molar-refractivity contribution in [2.24, 2.45) is 5.14 Å². The molecule has 92 valence electrons. The van der Waals surface area contributed by atoms with Crippen molar-refractivity contribution in [1.29, 1.82) is 5.26 Å². The van der Waals surface area contributed by atoms with Gasteiger partial charge in [0, 0.05) is 11.6 Å². The molecule has 1 aromatic heterocycles. The highest BCUT2D eigenvalue weighted by Gasteiger charge is 2.25. The van der Waals surface area contributed by atoms with E-state index in [1.807, 2.05) is 0 Å². The van der Waals surface area contributed by atoms with Crippen LogP contribution in [0, 0.1) is 11.3 Å². The van der Waals surface area contributed by atoms with E-state index in [1.165, 1.54) is 6.07 Å². The van der Waals surface area contributed by atoms with Gasteiger partial charge in [0.05, 0.1) is 12.7 Å². The third kappa shape index (κ3) is 2.66. The number of aromatic nitrogens is 1. The molecule has 0 spiro atoms. The van der Waals surface area contributed by atoms with Crippen molar-refractivity contribution in [1.82, 2.24) is 4.98 Å². The molecule has 1 rings (SSSR count). The summed E-state index contributed by atoms with van der Waals surface area (Å²) in [5.74, 6) is -0.358. The first kappa shape index (κ1) is 13.3. The third-order valence-electron chi connectivity index (χ3n) is 1.82. The lowest BCUT2D eigenvalue weighted by molar-refractivity contribution is 0.150.